The van der Waals surface area contributed by atoms with E-state index in [1.807, 2.05) is 25.1 Å². The molecule has 1 saturated heterocycles. The van der Waals surface area contributed by atoms with E-state index >= 15 is 0 Å². The lowest BCUT2D eigenvalue weighted by Crippen LogP contribution is -2.50. The highest BCUT2D eigenvalue weighted by Crippen LogP contribution is 2.27. The molecule has 1 heterocycles. The first kappa shape index (κ1) is 22.8. The van der Waals surface area contributed by atoms with Crippen LogP contribution in [-0.2, 0) is 19.4 Å². The standard InChI is InChI=1S/C22H28N4O4S/c1-24(2)13-14-25(20-12-15-31(29,30)16-20)21(27)22(28)26(18-6-4-3-5-7-18)19-10-8-17(23)9-11-19/h3-11,20H,12-16,23H2,1-2H3. The van der Waals surface area contributed by atoms with Gasteiger partial charge in [0.05, 0.1) is 11.5 Å². The molecule has 9 heteroatoms. The van der Waals surface area contributed by atoms with Crippen LogP contribution in [0.2, 0.25) is 0 Å². The molecule has 1 fully saturated rings. The van der Waals surface area contributed by atoms with E-state index in [-0.39, 0.29) is 18.1 Å². The third-order valence-corrected chi connectivity index (χ3v) is 7.00. The largest absolute Gasteiger partial charge is 0.399 e. The van der Waals surface area contributed by atoms with Gasteiger partial charge in [0.2, 0.25) is 0 Å². The van der Waals surface area contributed by atoms with Gasteiger partial charge in [-0.1, -0.05) is 18.2 Å². The lowest BCUT2D eigenvalue weighted by atomic mass is 10.2. The van der Waals surface area contributed by atoms with Gasteiger partial charge in [-0.3, -0.25) is 14.5 Å². The summed E-state index contributed by atoms with van der Waals surface area (Å²) in [6, 6.07) is 15.0. The summed E-state index contributed by atoms with van der Waals surface area (Å²) in [6.45, 7) is 0.783. The molecule has 3 rings (SSSR count). The molecule has 2 amide bonds. The van der Waals surface area contributed by atoms with Crippen molar-refractivity contribution in [3.05, 3.63) is 54.6 Å². The molecular formula is C22H28N4O4S. The Kier molecular flexibility index (Phi) is 6.97. The van der Waals surface area contributed by atoms with E-state index in [0.717, 1.165) is 0 Å². The molecule has 0 saturated carbocycles. The van der Waals surface area contributed by atoms with E-state index in [0.29, 0.717) is 30.0 Å². The van der Waals surface area contributed by atoms with Gasteiger partial charge < -0.3 is 15.5 Å². The number of anilines is 3. The number of benzene rings is 2. The fraction of sp³-hybridized carbons (Fsp3) is 0.364. The molecule has 166 valence electrons. The summed E-state index contributed by atoms with van der Waals surface area (Å²) in [4.78, 5) is 31.5. The Balaban J connectivity index is 1.95. The van der Waals surface area contributed by atoms with E-state index in [9.17, 15) is 18.0 Å². The van der Waals surface area contributed by atoms with Crippen molar-refractivity contribution in [1.29, 1.82) is 0 Å². The number of amides is 2. The third kappa shape index (κ3) is 5.62. The van der Waals surface area contributed by atoms with Crippen molar-refractivity contribution in [3.63, 3.8) is 0 Å². The van der Waals surface area contributed by atoms with Crippen LogP contribution in [-0.4, -0.2) is 74.8 Å². The summed E-state index contributed by atoms with van der Waals surface area (Å²) in [5.41, 5.74) is 7.37. The Morgan fingerprint density at radius 3 is 2.10 bits per heavy atom. The first-order valence-corrected chi connectivity index (χ1v) is 11.9. The Hall–Kier alpha value is -2.91. The van der Waals surface area contributed by atoms with Gasteiger partial charge >= 0.3 is 11.8 Å². The maximum Gasteiger partial charge on any atom is 0.321 e. The van der Waals surface area contributed by atoms with Crippen molar-refractivity contribution in [3.8, 4) is 0 Å². The average Bonchev–Trinajstić information content (AvgIpc) is 3.09. The number of carbonyl (C=O) groups is 2. The minimum absolute atomic E-state index is 0.0258. The quantitative estimate of drug-likeness (QED) is 0.535. The average molecular weight is 445 g/mol. The van der Waals surface area contributed by atoms with Crippen molar-refractivity contribution >= 4 is 38.7 Å². The second-order valence-corrected chi connectivity index (χ2v) is 10.2. The van der Waals surface area contributed by atoms with Gasteiger partial charge in [-0.2, -0.15) is 0 Å². The summed E-state index contributed by atoms with van der Waals surface area (Å²) < 4.78 is 24.1. The number of carbonyl (C=O) groups excluding carboxylic acids is 2. The molecule has 1 atom stereocenters. The van der Waals surface area contributed by atoms with Gasteiger partial charge in [0.1, 0.15) is 0 Å². The Morgan fingerprint density at radius 2 is 1.55 bits per heavy atom. The van der Waals surface area contributed by atoms with Gasteiger partial charge in [0.15, 0.2) is 9.84 Å². The van der Waals surface area contributed by atoms with Crippen LogP contribution >= 0.6 is 0 Å². The number of rotatable bonds is 6. The highest BCUT2D eigenvalue weighted by Gasteiger charge is 2.38. The number of sulfone groups is 1. The van der Waals surface area contributed by atoms with E-state index in [2.05, 4.69) is 0 Å². The van der Waals surface area contributed by atoms with Crippen LogP contribution in [0.5, 0.6) is 0 Å². The Labute approximate surface area is 183 Å². The van der Waals surface area contributed by atoms with Gasteiger partial charge in [0, 0.05) is 36.2 Å². The summed E-state index contributed by atoms with van der Waals surface area (Å²) in [5.74, 6) is -1.55. The number of likely N-dealkylation sites (N-methyl/N-ethyl adjacent to an activating group) is 1. The molecule has 1 aliphatic heterocycles. The minimum atomic E-state index is -3.21. The molecule has 1 unspecified atom stereocenters. The van der Waals surface area contributed by atoms with Crippen molar-refractivity contribution in [2.75, 3.05) is 49.3 Å². The van der Waals surface area contributed by atoms with Crippen LogP contribution < -0.4 is 10.6 Å². The zero-order chi connectivity index (χ0) is 22.6. The molecule has 0 spiro atoms. The molecule has 2 N–H and O–H groups in total. The Morgan fingerprint density at radius 1 is 0.935 bits per heavy atom. The lowest BCUT2D eigenvalue weighted by Gasteiger charge is -2.31. The van der Waals surface area contributed by atoms with Crippen molar-refractivity contribution in [2.24, 2.45) is 0 Å². The Bertz CT molecular complexity index is 1020. The van der Waals surface area contributed by atoms with Crippen molar-refractivity contribution in [2.45, 2.75) is 12.5 Å². The van der Waals surface area contributed by atoms with Gasteiger partial charge in [-0.05, 0) is 56.9 Å². The van der Waals surface area contributed by atoms with E-state index in [4.69, 9.17) is 5.73 Å². The van der Waals surface area contributed by atoms with Gasteiger partial charge in [-0.15, -0.1) is 0 Å². The highest BCUT2D eigenvalue weighted by atomic mass is 32.2. The molecule has 0 radical (unpaired) electrons. The second-order valence-electron chi connectivity index (χ2n) is 7.93. The fourth-order valence-corrected chi connectivity index (χ4v) is 5.31. The minimum Gasteiger partial charge on any atom is -0.399 e. The van der Waals surface area contributed by atoms with Crippen LogP contribution in [0.15, 0.2) is 54.6 Å². The van der Waals surface area contributed by atoms with E-state index in [1.54, 1.807) is 48.5 Å². The number of nitrogens with zero attached hydrogens (tertiary/aromatic N) is 3. The SMILES string of the molecule is CN(C)CCN(C(=O)C(=O)N(c1ccccc1)c1ccc(N)cc1)C1CCS(=O)(=O)C1. The predicted octanol–water partition coefficient (Wildman–Crippen LogP) is 1.51. The summed E-state index contributed by atoms with van der Waals surface area (Å²) in [7, 11) is 0.509. The molecule has 1 aliphatic rings. The van der Waals surface area contributed by atoms with Crippen LogP contribution in [0.25, 0.3) is 0 Å². The maximum absolute atomic E-state index is 13.5. The highest BCUT2D eigenvalue weighted by molar-refractivity contribution is 7.91. The van der Waals surface area contributed by atoms with Gasteiger partial charge in [0.25, 0.3) is 0 Å². The molecule has 0 bridgehead atoms. The first-order valence-electron chi connectivity index (χ1n) is 10.1. The number of para-hydroxylation sites is 1. The first-order chi connectivity index (χ1) is 14.7. The lowest BCUT2D eigenvalue weighted by molar-refractivity contribution is -0.145. The smallest absolute Gasteiger partial charge is 0.321 e. The molecule has 2 aromatic carbocycles. The molecular weight excluding hydrogens is 416 g/mol. The zero-order valence-corrected chi connectivity index (χ0v) is 18.6. The normalized spacial score (nSPS) is 17.5. The van der Waals surface area contributed by atoms with E-state index in [1.165, 1.54) is 9.80 Å². The summed E-state index contributed by atoms with van der Waals surface area (Å²) in [6.07, 6.45) is 0.335. The van der Waals surface area contributed by atoms with Gasteiger partial charge in [-0.25, -0.2) is 8.42 Å². The topological polar surface area (TPSA) is 104 Å². The summed E-state index contributed by atoms with van der Waals surface area (Å²) in [5, 5.41) is 0. The van der Waals surface area contributed by atoms with Crippen molar-refractivity contribution in [1.82, 2.24) is 9.80 Å². The fourth-order valence-electron chi connectivity index (χ4n) is 3.58. The molecule has 0 aliphatic carbocycles. The predicted molar refractivity (Wildman–Crippen MR) is 122 cm³/mol. The third-order valence-electron chi connectivity index (χ3n) is 5.25. The number of nitrogen functional groups attached to an aromatic ring is 1. The molecule has 2 aromatic rings. The van der Waals surface area contributed by atoms with Crippen LogP contribution in [0.4, 0.5) is 17.1 Å². The van der Waals surface area contributed by atoms with Crippen molar-refractivity contribution < 1.29 is 18.0 Å². The van der Waals surface area contributed by atoms with Crippen LogP contribution in [0, 0.1) is 0 Å². The zero-order valence-electron chi connectivity index (χ0n) is 17.8. The number of hydrogen-bond donors (Lipinski definition) is 1. The summed E-state index contributed by atoms with van der Waals surface area (Å²) >= 11 is 0. The van der Waals surface area contributed by atoms with E-state index < -0.39 is 27.7 Å². The molecule has 0 aromatic heterocycles. The molecule has 8 nitrogen and oxygen atoms in total. The number of nitrogens with two attached hydrogens (primary N) is 1. The second kappa shape index (κ2) is 9.49. The molecule has 31 heavy (non-hydrogen) atoms. The monoisotopic (exact) mass is 444 g/mol. The van der Waals surface area contributed by atoms with Crippen LogP contribution in [0.3, 0.4) is 0 Å². The van der Waals surface area contributed by atoms with Crippen LogP contribution in [0.1, 0.15) is 6.42 Å². The maximum atomic E-state index is 13.5. The number of hydrogen-bond acceptors (Lipinski definition) is 6.